The first-order chi connectivity index (χ1) is 8.72. The van der Waals surface area contributed by atoms with Gasteiger partial charge in [0.1, 0.15) is 0 Å². The van der Waals surface area contributed by atoms with E-state index in [-0.39, 0.29) is 0 Å². The second kappa shape index (κ2) is 5.87. The maximum atomic E-state index is 5.96. The van der Waals surface area contributed by atoms with Crippen LogP contribution in [0.4, 0.5) is 5.69 Å². The van der Waals surface area contributed by atoms with Gasteiger partial charge < -0.3 is 4.90 Å². The summed E-state index contributed by atoms with van der Waals surface area (Å²) in [5, 5.41) is 0. The Kier molecular flexibility index (Phi) is 4.21. The number of anilines is 1. The fourth-order valence-electron chi connectivity index (χ4n) is 2.00. The highest BCUT2D eigenvalue weighted by atomic mass is 35.5. The first-order valence-corrected chi connectivity index (χ1v) is 6.50. The summed E-state index contributed by atoms with van der Waals surface area (Å²) in [5.41, 5.74) is 4.84. The Bertz CT molecular complexity index is 525. The van der Waals surface area contributed by atoms with Crippen LogP contribution in [0.25, 0.3) is 0 Å². The van der Waals surface area contributed by atoms with E-state index in [1.807, 2.05) is 12.3 Å². The molecule has 2 nitrogen and oxygen atoms in total. The summed E-state index contributed by atoms with van der Waals surface area (Å²) in [5.74, 6) is 0.510. The smallest absolute Gasteiger partial charge is 0.0597 e. The molecule has 1 aromatic carbocycles. The highest BCUT2D eigenvalue weighted by Crippen LogP contribution is 2.22. The SMILES string of the molecule is Cc1ccccc1CN(C)c1cnccc1CCl. The van der Waals surface area contributed by atoms with Crippen molar-refractivity contribution in [1.82, 2.24) is 4.98 Å². The predicted molar refractivity (Wildman–Crippen MR) is 77.1 cm³/mol. The van der Waals surface area contributed by atoms with E-state index in [4.69, 9.17) is 11.6 Å². The zero-order valence-corrected chi connectivity index (χ0v) is 11.5. The zero-order valence-electron chi connectivity index (χ0n) is 10.7. The van der Waals surface area contributed by atoms with Crippen LogP contribution < -0.4 is 4.90 Å². The van der Waals surface area contributed by atoms with Crippen LogP contribution in [0.15, 0.2) is 42.7 Å². The molecule has 94 valence electrons. The van der Waals surface area contributed by atoms with Gasteiger partial charge >= 0.3 is 0 Å². The minimum atomic E-state index is 0.510. The summed E-state index contributed by atoms with van der Waals surface area (Å²) in [4.78, 5) is 6.37. The maximum absolute atomic E-state index is 5.96. The van der Waals surface area contributed by atoms with E-state index in [1.165, 1.54) is 11.1 Å². The molecule has 0 saturated heterocycles. The third-order valence-corrected chi connectivity index (χ3v) is 3.40. The van der Waals surface area contributed by atoms with Crippen molar-refractivity contribution >= 4 is 17.3 Å². The Morgan fingerprint density at radius 1 is 1.17 bits per heavy atom. The number of halogens is 1. The number of nitrogens with zero attached hydrogens (tertiary/aromatic N) is 2. The van der Waals surface area contributed by atoms with Crippen molar-refractivity contribution in [3.05, 3.63) is 59.4 Å². The Labute approximate surface area is 113 Å². The molecule has 0 amide bonds. The summed E-state index contributed by atoms with van der Waals surface area (Å²) < 4.78 is 0. The van der Waals surface area contributed by atoms with Gasteiger partial charge in [0.2, 0.25) is 0 Å². The molecule has 0 saturated carbocycles. The van der Waals surface area contributed by atoms with Gasteiger partial charge in [0, 0.05) is 25.7 Å². The molecule has 0 N–H and O–H groups in total. The molecular weight excluding hydrogens is 244 g/mol. The molecule has 1 heterocycles. The largest absolute Gasteiger partial charge is 0.369 e. The Balaban J connectivity index is 2.22. The quantitative estimate of drug-likeness (QED) is 0.778. The second-order valence-electron chi connectivity index (χ2n) is 4.42. The number of hydrogen-bond donors (Lipinski definition) is 0. The minimum absolute atomic E-state index is 0.510. The van der Waals surface area contributed by atoms with E-state index in [2.05, 4.69) is 48.1 Å². The van der Waals surface area contributed by atoms with Crippen molar-refractivity contribution < 1.29 is 0 Å². The fraction of sp³-hybridized carbons (Fsp3) is 0.267. The second-order valence-corrected chi connectivity index (χ2v) is 4.69. The fourth-order valence-corrected chi connectivity index (χ4v) is 2.23. The number of alkyl halides is 1. The van der Waals surface area contributed by atoms with Crippen LogP contribution in [0.3, 0.4) is 0 Å². The average molecular weight is 261 g/mol. The number of hydrogen-bond acceptors (Lipinski definition) is 2. The summed E-state index contributed by atoms with van der Waals surface area (Å²) in [6.07, 6.45) is 3.65. The lowest BCUT2D eigenvalue weighted by Gasteiger charge is -2.22. The van der Waals surface area contributed by atoms with Crippen molar-refractivity contribution in [2.75, 3.05) is 11.9 Å². The van der Waals surface area contributed by atoms with Crippen LogP contribution >= 0.6 is 11.6 Å². The monoisotopic (exact) mass is 260 g/mol. The van der Waals surface area contributed by atoms with E-state index < -0.39 is 0 Å². The van der Waals surface area contributed by atoms with Gasteiger partial charge in [-0.3, -0.25) is 4.98 Å². The van der Waals surface area contributed by atoms with Gasteiger partial charge in [-0.1, -0.05) is 24.3 Å². The number of benzene rings is 1. The van der Waals surface area contributed by atoms with E-state index in [0.717, 1.165) is 17.8 Å². The van der Waals surface area contributed by atoms with Crippen LogP contribution in [0.5, 0.6) is 0 Å². The van der Waals surface area contributed by atoms with Crippen LogP contribution in [-0.4, -0.2) is 12.0 Å². The molecule has 0 spiro atoms. The third kappa shape index (κ3) is 2.82. The van der Waals surface area contributed by atoms with Gasteiger partial charge in [-0.25, -0.2) is 0 Å². The Hall–Kier alpha value is -1.54. The summed E-state index contributed by atoms with van der Waals surface area (Å²) in [6.45, 7) is 3.00. The van der Waals surface area contributed by atoms with Gasteiger partial charge in [-0.15, -0.1) is 11.6 Å². The Morgan fingerprint density at radius 3 is 2.67 bits per heavy atom. The predicted octanol–water partition coefficient (Wildman–Crippen LogP) is 3.77. The van der Waals surface area contributed by atoms with Gasteiger partial charge in [-0.05, 0) is 29.7 Å². The highest BCUT2D eigenvalue weighted by molar-refractivity contribution is 6.17. The lowest BCUT2D eigenvalue weighted by molar-refractivity contribution is 0.902. The molecule has 0 radical (unpaired) electrons. The van der Waals surface area contributed by atoms with Gasteiger partial charge in [-0.2, -0.15) is 0 Å². The molecule has 2 rings (SSSR count). The lowest BCUT2D eigenvalue weighted by atomic mass is 10.1. The molecule has 0 aliphatic rings. The van der Waals surface area contributed by atoms with Crippen LogP contribution in [-0.2, 0) is 12.4 Å². The molecule has 0 fully saturated rings. The summed E-state index contributed by atoms with van der Waals surface area (Å²) >= 11 is 5.96. The van der Waals surface area contributed by atoms with Crippen molar-refractivity contribution in [2.24, 2.45) is 0 Å². The topological polar surface area (TPSA) is 16.1 Å². The summed E-state index contributed by atoms with van der Waals surface area (Å²) in [7, 11) is 2.07. The number of pyridine rings is 1. The molecule has 18 heavy (non-hydrogen) atoms. The molecule has 0 aliphatic heterocycles. The molecular formula is C15H17ClN2. The van der Waals surface area contributed by atoms with Crippen LogP contribution in [0.1, 0.15) is 16.7 Å². The van der Waals surface area contributed by atoms with Gasteiger partial charge in [0.15, 0.2) is 0 Å². The molecule has 0 atom stereocenters. The third-order valence-electron chi connectivity index (χ3n) is 3.11. The van der Waals surface area contributed by atoms with Gasteiger partial charge in [0.25, 0.3) is 0 Å². The standard InChI is InChI=1S/C15H17ClN2/c1-12-5-3-4-6-14(12)11-18(2)15-10-17-8-7-13(15)9-16/h3-8,10H,9,11H2,1-2H3. The number of rotatable bonds is 4. The van der Waals surface area contributed by atoms with Gasteiger partial charge in [0.05, 0.1) is 11.9 Å². The zero-order chi connectivity index (χ0) is 13.0. The van der Waals surface area contributed by atoms with Crippen molar-refractivity contribution in [1.29, 1.82) is 0 Å². The van der Waals surface area contributed by atoms with Crippen molar-refractivity contribution in [3.8, 4) is 0 Å². The first kappa shape index (κ1) is 12.9. The van der Waals surface area contributed by atoms with Crippen molar-refractivity contribution in [2.45, 2.75) is 19.3 Å². The Morgan fingerprint density at radius 2 is 1.94 bits per heavy atom. The minimum Gasteiger partial charge on any atom is -0.369 e. The van der Waals surface area contributed by atoms with E-state index in [9.17, 15) is 0 Å². The maximum Gasteiger partial charge on any atom is 0.0597 e. The van der Waals surface area contributed by atoms with Crippen molar-refractivity contribution in [3.63, 3.8) is 0 Å². The average Bonchev–Trinajstić information content (AvgIpc) is 2.41. The molecule has 0 aliphatic carbocycles. The molecule has 1 aromatic heterocycles. The molecule has 0 unspecified atom stereocenters. The molecule has 3 heteroatoms. The van der Waals surface area contributed by atoms with E-state index in [1.54, 1.807) is 6.20 Å². The lowest BCUT2D eigenvalue weighted by Crippen LogP contribution is -2.18. The van der Waals surface area contributed by atoms with Crippen LogP contribution in [0.2, 0.25) is 0 Å². The molecule has 2 aromatic rings. The van der Waals surface area contributed by atoms with Crippen LogP contribution in [0, 0.1) is 6.92 Å². The first-order valence-electron chi connectivity index (χ1n) is 5.97. The normalized spacial score (nSPS) is 10.4. The summed E-state index contributed by atoms with van der Waals surface area (Å²) in [6, 6.07) is 10.4. The van der Waals surface area contributed by atoms with E-state index >= 15 is 0 Å². The molecule has 0 bridgehead atoms. The number of aryl methyl sites for hydroxylation is 1. The van der Waals surface area contributed by atoms with E-state index in [0.29, 0.717) is 5.88 Å². The number of aromatic nitrogens is 1. The highest BCUT2D eigenvalue weighted by Gasteiger charge is 2.08.